The van der Waals surface area contributed by atoms with Crippen molar-refractivity contribution in [1.82, 2.24) is 4.98 Å². The molecular formula is C45H30N2S. The van der Waals surface area contributed by atoms with E-state index in [-0.39, 0.29) is 0 Å². The fourth-order valence-corrected chi connectivity index (χ4v) is 7.76. The Kier molecular flexibility index (Phi) is 7.03. The lowest BCUT2D eigenvalue weighted by Crippen LogP contribution is -2.09. The second kappa shape index (κ2) is 12.0. The summed E-state index contributed by atoms with van der Waals surface area (Å²) < 4.78 is 1.19. The molecule has 0 saturated heterocycles. The molecule has 0 unspecified atom stereocenters. The molecule has 0 amide bonds. The van der Waals surface area contributed by atoms with Crippen LogP contribution in [0.3, 0.4) is 0 Å². The number of benzene rings is 8. The van der Waals surface area contributed by atoms with Gasteiger partial charge in [-0.25, -0.2) is 4.98 Å². The summed E-state index contributed by atoms with van der Waals surface area (Å²) in [5.74, 6) is 0. The number of thiazole rings is 1. The molecule has 8 aromatic carbocycles. The first-order valence-electron chi connectivity index (χ1n) is 16.2. The van der Waals surface area contributed by atoms with Crippen molar-refractivity contribution in [3.05, 3.63) is 182 Å². The highest BCUT2D eigenvalue weighted by Crippen LogP contribution is 2.44. The highest BCUT2D eigenvalue weighted by molar-refractivity contribution is 7.21. The SMILES string of the molecule is c1ccc(-c2ccc(N(c3ccccc3)c3ccc4c(-c5ccccc5)cc5ccc6sc(-c7ccccc7)nc6c5c4c3)cc2)cc1. The second-order valence-electron chi connectivity index (χ2n) is 12.0. The van der Waals surface area contributed by atoms with E-state index in [1.54, 1.807) is 11.3 Å². The fraction of sp³-hybridized carbons (Fsp3) is 0. The predicted molar refractivity (Wildman–Crippen MR) is 206 cm³/mol. The summed E-state index contributed by atoms with van der Waals surface area (Å²) in [6.07, 6.45) is 0. The Bertz CT molecular complexity index is 2520. The zero-order chi connectivity index (χ0) is 31.9. The molecule has 0 fully saturated rings. The van der Waals surface area contributed by atoms with Crippen LogP contribution in [0.4, 0.5) is 17.1 Å². The van der Waals surface area contributed by atoms with Crippen molar-refractivity contribution in [2.24, 2.45) is 0 Å². The molecule has 0 aliphatic carbocycles. The van der Waals surface area contributed by atoms with Crippen LogP contribution in [0.25, 0.3) is 64.6 Å². The van der Waals surface area contributed by atoms with Crippen LogP contribution >= 0.6 is 11.3 Å². The van der Waals surface area contributed by atoms with Gasteiger partial charge in [0.15, 0.2) is 0 Å². The van der Waals surface area contributed by atoms with Gasteiger partial charge in [-0.3, -0.25) is 0 Å². The van der Waals surface area contributed by atoms with Gasteiger partial charge in [-0.05, 0) is 86.9 Å². The van der Waals surface area contributed by atoms with E-state index in [0.29, 0.717) is 0 Å². The van der Waals surface area contributed by atoms with Crippen LogP contribution in [0.2, 0.25) is 0 Å². The Labute approximate surface area is 283 Å². The summed E-state index contributed by atoms with van der Waals surface area (Å²) in [6, 6.07) is 65.1. The normalized spacial score (nSPS) is 11.3. The Morgan fingerprint density at radius 1 is 0.417 bits per heavy atom. The largest absolute Gasteiger partial charge is 0.310 e. The van der Waals surface area contributed by atoms with E-state index in [4.69, 9.17) is 4.98 Å². The molecule has 3 heteroatoms. The molecule has 0 aliphatic heterocycles. The summed E-state index contributed by atoms with van der Waals surface area (Å²) in [6.45, 7) is 0. The quantitative estimate of drug-likeness (QED) is 0.170. The topological polar surface area (TPSA) is 16.1 Å². The molecule has 0 N–H and O–H groups in total. The zero-order valence-electron chi connectivity index (χ0n) is 26.1. The average Bonchev–Trinajstić information content (AvgIpc) is 3.61. The molecule has 0 aliphatic rings. The molecule has 0 saturated carbocycles. The fourth-order valence-electron chi connectivity index (χ4n) is 6.78. The van der Waals surface area contributed by atoms with Gasteiger partial charge in [-0.2, -0.15) is 0 Å². The summed E-state index contributed by atoms with van der Waals surface area (Å²) >= 11 is 1.76. The summed E-state index contributed by atoms with van der Waals surface area (Å²) in [5, 5.41) is 5.83. The highest BCUT2D eigenvalue weighted by Gasteiger charge is 2.18. The maximum absolute atomic E-state index is 5.30. The average molecular weight is 631 g/mol. The molecule has 0 spiro atoms. The number of aromatic nitrogens is 1. The van der Waals surface area contributed by atoms with E-state index in [2.05, 4.69) is 187 Å². The Morgan fingerprint density at radius 3 is 1.67 bits per heavy atom. The minimum Gasteiger partial charge on any atom is -0.310 e. The van der Waals surface area contributed by atoms with Crippen molar-refractivity contribution in [1.29, 1.82) is 0 Å². The van der Waals surface area contributed by atoms with Crippen LogP contribution in [-0.4, -0.2) is 4.98 Å². The van der Waals surface area contributed by atoms with E-state index < -0.39 is 0 Å². The zero-order valence-corrected chi connectivity index (χ0v) is 26.9. The number of anilines is 3. The van der Waals surface area contributed by atoms with Crippen LogP contribution in [0.5, 0.6) is 0 Å². The molecule has 9 aromatic rings. The maximum Gasteiger partial charge on any atom is 0.124 e. The minimum atomic E-state index is 1.04. The van der Waals surface area contributed by atoms with E-state index >= 15 is 0 Å². The monoisotopic (exact) mass is 630 g/mol. The minimum absolute atomic E-state index is 1.04. The van der Waals surface area contributed by atoms with Crippen molar-refractivity contribution in [2.45, 2.75) is 0 Å². The third kappa shape index (κ3) is 5.02. The first kappa shape index (κ1) is 28.2. The summed E-state index contributed by atoms with van der Waals surface area (Å²) in [4.78, 5) is 7.65. The Morgan fingerprint density at radius 2 is 0.979 bits per heavy atom. The molecule has 1 heterocycles. The van der Waals surface area contributed by atoms with Crippen LogP contribution < -0.4 is 4.90 Å². The van der Waals surface area contributed by atoms with E-state index in [1.165, 1.54) is 48.5 Å². The molecule has 48 heavy (non-hydrogen) atoms. The highest BCUT2D eigenvalue weighted by atomic mass is 32.1. The van der Waals surface area contributed by atoms with Crippen molar-refractivity contribution < 1.29 is 0 Å². The third-order valence-electron chi connectivity index (χ3n) is 9.07. The number of hydrogen-bond acceptors (Lipinski definition) is 3. The number of para-hydroxylation sites is 1. The molecule has 9 rings (SSSR count). The number of fused-ring (bicyclic) bond motifs is 5. The molecule has 0 bridgehead atoms. The summed E-state index contributed by atoms with van der Waals surface area (Å²) in [5.41, 5.74) is 10.4. The smallest absolute Gasteiger partial charge is 0.124 e. The van der Waals surface area contributed by atoms with Crippen LogP contribution in [-0.2, 0) is 0 Å². The molecule has 226 valence electrons. The summed E-state index contributed by atoms with van der Waals surface area (Å²) in [7, 11) is 0. The second-order valence-corrected chi connectivity index (χ2v) is 13.0. The third-order valence-corrected chi connectivity index (χ3v) is 10.1. The van der Waals surface area contributed by atoms with Gasteiger partial charge in [0.2, 0.25) is 0 Å². The van der Waals surface area contributed by atoms with Gasteiger partial charge in [0.1, 0.15) is 5.01 Å². The van der Waals surface area contributed by atoms with Gasteiger partial charge in [-0.15, -0.1) is 11.3 Å². The van der Waals surface area contributed by atoms with Crippen LogP contribution in [0.1, 0.15) is 0 Å². The number of rotatable bonds is 6. The van der Waals surface area contributed by atoms with Gasteiger partial charge in [0.05, 0.1) is 10.2 Å². The predicted octanol–water partition coefficient (Wildman–Crippen LogP) is 13.1. The van der Waals surface area contributed by atoms with Crippen molar-refractivity contribution >= 4 is 60.2 Å². The Balaban J connectivity index is 1.29. The van der Waals surface area contributed by atoms with Gasteiger partial charge >= 0.3 is 0 Å². The standard InChI is InChI=1S/C45H30N2S/c1-5-13-31(14-6-1)32-21-24-37(25-22-32)47(36-19-11-4-12-20-36)38-26-27-39-40(33-15-7-2-8-16-33)29-35-23-28-42-44(43(35)41(39)30-38)46-45(48-42)34-17-9-3-10-18-34/h1-30H. The molecular weight excluding hydrogens is 601 g/mol. The van der Waals surface area contributed by atoms with Gasteiger partial charge in [0, 0.05) is 28.0 Å². The number of nitrogens with zero attached hydrogens (tertiary/aromatic N) is 2. The molecule has 2 nitrogen and oxygen atoms in total. The lowest BCUT2D eigenvalue weighted by Gasteiger charge is -2.26. The first-order chi connectivity index (χ1) is 23.8. The van der Waals surface area contributed by atoms with Crippen LogP contribution in [0, 0.1) is 0 Å². The molecule has 1 aromatic heterocycles. The van der Waals surface area contributed by atoms with Gasteiger partial charge < -0.3 is 4.90 Å². The number of hydrogen-bond donors (Lipinski definition) is 0. The lowest BCUT2D eigenvalue weighted by atomic mass is 9.92. The Hall–Kier alpha value is -6.03. The molecule has 0 radical (unpaired) electrons. The van der Waals surface area contributed by atoms with E-state index in [9.17, 15) is 0 Å². The van der Waals surface area contributed by atoms with Crippen LogP contribution in [0.15, 0.2) is 182 Å². The van der Waals surface area contributed by atoms with Crippen molar-refractivity contribution in [3.63, 3.8) is 0 Å². The lowest BCUT2D eigenvalue weighted by molar-refractivity contribution is 1.29. The maximum atomic E-state index is 5.30. The van der Waals surface area contributed by atoms with Crippen molar-refractivity contribution in [2.75, 3.05) is 4.90 Å². The first-order valence-corrected chi connectivity index (χ1v) is 17.0. The van der Waals surface area contributed by atoms with Crippen molar-refractivity contribution in [3.8, 4) is 32.8 Å². The van der Waals surface area contributed by atoms with E-state index in [0.717, 1.165) is 33.1 Å². The van der Waals surface area contributed by atoms with Gasteiger partial charge in [0.25, 0.3) is 0 Å². The van der Waals surface area contributed by atoms with E-state index in [1.807, 2.05) is 0 Å². The van der Waals surface area contributed by atoms with Gasteiger partial charge in [-0.1, -0.05) is 133 Å². The molecule has 0 atom stereocenters.